The third-order valence-corrected chi connectivity index (χ3v) is 3.78. The van der Waals surface area contributed by atoms with Crippen LogP contribution in [0.3, 0.4) is 0 Å². The van der Waals surface area contributed by atoms with Gasteiger partial charge in [0.2, 0.25) is 0 Å². The van der Waals surface area contributed by atoms with E-state index in [9.17, 15) is 10.0 Å². The van der Waals surface area contributed by atoms with Gasteiger partial charge in [0, 0.05) is 12.1 Å². The molecule has 0 fully saturated rings. The first-order chi connectivity index (χ1) is 13.1. The van der Waals surface area contributed by atoms with Crippen LogP contribution in [0.2, 0.25) is 0 Å². The van der Waals surface area contributed by atoms with Gasteiger partial charge in [-0.1, -0.05) is 24.3 Å². The summed E-state index contributed by atoms with van der Waals surface area (Å²) < 4.78 is 17.5. The number of hydrogen-bond acceptors (Lipinski definition) is 5. The molecule has 0 bridgehead atoms. The van der Waals surface area contributed by atoms with Crippen molar-refractivity contribution in [1.29, 1.82) is 0 Å². The third kappa shape index (κ3) is 5.28. The number of aromatic nitrogens is 1. The molecule has 0 aliphatic carbocycles. The molecule has 0 amide bonds. The standard InChI is InChI=1S/C21H21NO5/c1-16-12-17(22(24)21(23)13-16)15-27-20-9-5-8-19(14-20)26-11-10-25-18-6-3-2-4-7-18/h2-9,12-14,24H,10-11,15H2,1H3. The van der Waals surface area contributed by atoms with Crippen LogP contribution in [-0.4, -0.2) is 23.2 Å². The van der Waals surface area contributed by atoms with E-state index in [2.05, 4.69) is 0 Å². The molecule has 3 rings (SSSR count). The summed E-state index contributed by atoms with van der Waals surface area (Å²) in [5.74, 6) is 2.02. The van der Waals surface area contributed by atoms with Crippen molar-refractivity contribution in [2.75, 3.05) is 13.2 Å². The average molecular weight is 367 g/mol. The first-order valence-corrected chi connectivity index (χ1v) is 8.57. The van der Waals surface area contributed by atoms with Crippen LogP contribution in [0.25, 0.3) is 0 Å². The summed E-state index contributed by atoms with van der Waals surface area (Å²) in [7, 11) is 0. The summed E-state index contributed by atoms with van der Waals surface area (Å²) in [6.45, 7) is 2.67. The summed E-state index contributed by atoms with van der Waals surface area (Å²) in [4.78, 5) is 11.6. The van der Waals surface area contributed by atoms with Crippen molar-refractivity contribution in [3.05, 3.63) is 88.3 Å². The lowest BCUT2D eigenvalue weighted by atomic mass is 10.2. The smallest absolute Gasteiger partial charge is 0.283 e. The van der Waals surface area contributed by atoms with E-state index >= 15 is 0 Å². The minimum atomic E-state index is -0.482. The lowest BCUT2D eigenvalue weighted by molar-refractivity contribution is 0.147. The van der Waals surface area contributed by atoms with E-state index in [1.54, 1.807) is 25.1 Å². The minimum absolute atomic E-state index is 0.0635. The lowest BCUT2D eigenvalue weighted by Crippen LogP contribution is -2.21. The zero-order valence-corrected chi connectivity index (χ0v) is 15.0. The van der Waals surface area contributed by atoms with Crippen LogP contribution in [0.5, 0.6) is 17.2 Å². The molecule has 0 saturated heterocycles. The summed E-state index contributed by atoms with van der Waals surface area (Å²) >= 11 is 0. The highest BCUT2D eigenvalue weighted by Crippen LogP contribution is 2.20. The number of ether oxygens (including phenoxy) is 3. The Morgan fingerprint density at radius 2 is 1.44 bits per heavy atom. The first kappa shape index (κ1) is 18.4. The van der Waals surface area contributed by atoms with E-state index in [0.29, 0.717) is 35.1 Å². The highest BCUT2D eigenvalue weighted by molar-refractivity contribution is 5.33. The number of para-hydroxylation sites is 1. The Morgan fingerprint density at radius 3 is 2.19 bits per heavy atom. The van der Waals surface area contributed by atoms with Gasteiger partial charge < -0.3 is 19.4 Å². The summed E-state index contributed by atoms with van der Waals surface area (Å²) in [5, 5.41) is 9.78. The quantitative estimate of drug-likeness (QED) is 0.488. The molecule has 1 aromatic heterocycles. The molecular weight excluding hydrogens is 346 g/mol. The molecule has 1 N–H and O–H groups in total. The van der Waals surface area contributed by atoms with E-state index in [1.165, 1.54) is 6.07 Å². The molecule has 140 valence electrons. The molecule has 0 atom stereocenters. The highest BCUT2D eigenvalue weighted by Gasteiger charge is 2.06. The Kier molecular flexibility index (Phi) is 5.99. The van der Waals surface area contributed by atoms with Gasteiger partial charge in [-0.2, -0.15) is 0 Å². The molecule has 0 radical (unpaired) electrons. The van der Waals surface area contributed by atoms with E-state index < -0.39 is 5.56 Å². The number of aryl methyl sites for hydroxylation is 1. The van der Waals surface area contributed by atoms with Gasteiger partial charge in [0.05, 0.1) is 5.69 Å². The summed E-state index contributed by atoms with van der Waals surface area (Å²) in [6, 6.07) is 19.8. The van der Waals surface area contributed by atoms with Gasteiger partial charge in [0.25, 0.3) is 5.56 Å². The molecular formula is C21H21NO5. The second-order valence-corrected chi connectivity index (χ2v) is 5.95. The van der Waals surface area contributed by atoms with E-state index in [0.717, 1.165) is 11.3 Å². The zero-order chi connectivity index (χ0) is 19.1. The Bertz CT molecular complexity index is 937. The van der Waals surface area contributed by atoms with Gasteiger partial charge in [-0.25, -0.2) is 0 Å². The SMILES string of the molecule is Cc1cc(COc2cccc(OCCOc3ccccc3)c2)n(O)c(=O)c1. The molecule has 0 aliphatic rings. The maximum atomic E-state index is 11.6. The monoisotopic (exact) mass is 367 g/mol. The van der Waals surface area contributed by atoms with Gasteiger partial charge in [-0.15, -0.1) is 4.73 Å². The first-order valence-electron chi connectivity index (χ1n) is 8.57. The minimum Gasteiger partial charge on any atom is -0.490 e. The maximum Gasteiger partial charge on any atom is 0.283 e. The molecule has 3 aromatic rings. The summed E-state index contributed by atoms with van der Waals surface area (Å²) in [6.07, 6.45) is 0. The van der Waals surface area contributed by atoms with Crippen LogP contribution >= 0.6 is 0 Å². The number of hydrogen-bond donors (Lipinski definition) is 1. The fourth-order valence-electron chi connectivity index (χ4n) is 2.51. The Morgan fingerprint density at radius 1 is 0.815 bits per heavy atom. The normalized spacial score (nSPS) is 10.4. The summed E-state index contributed by atoms with van der Waals surface area (Å²) in [5.41, 5.74) is 0.658. The molecule has 6 nitrogen and oxygen atoms in total. The van der Waals surface area contributed by atoms with Gasteiger partial charge >= 0.3 is 0 Å². The van der Waals surface area contributed by atoms with Crippen LogP contribution in [0.15, 0.2) is 71.5 Å². The molecule has 6 heteroatoms. The molecule has 0 aliphatic heterocycles. The van der Waals surface area contributed by atoms with Crippen LogP contribution in [-0.2, 0) is 6.61 Å². The second-order valence-electron chi connectivity index (χ2n) is 5.95. The second kappa shape index (κ2) is 8.80. The van der Waals surface area contributed by atoms with Crippen molar-refractivity contribution >= 4 is 0 Å². The average Bonchev–Trinajstić information content (AvgIpc) is 2.68. The largest absolute Gasteiger partial charge is 0.490 e. The Balaban J connectivity index is 1.52. The van der Waals surface area contributed by atoms with Gasteiger partial charge in [0.15, 0.2) is 0 Å². The molecule has 2 aromatic carbocycles. The predicted molar refractivity (Wildman–Crippen MR) is 101 cm³/mol. The molecule has 0 spiro atoms. The zero-order valence-electron chi connectivity index (χ0n) is 15.0. The Hall–Kier alpha value is -3.41. The third-order valence-electron chi connectivity index (χ3n) is 3.78. The van der Waals surface area contributed by atoms with Crippen molar-refractivity contribution in [3.63, 3.8) is 0 Å². The fraction of sp³-hybridized carbons (Fsp3) is 0.190. The number of pyridine rings is 1. The Labute approximate surface area is 157 Å². The predicted octanol–water partition coefficient (Wildman–Crippen LogP) is 3.43. The maximum absolute atomic E-state index is 11.6. The van der Waals surface area contributed by atoms with Gasteiger partial charge in [-0.05, 0) is 42.8 Å². The van der Waals surface area contributed by atoms with Crippen molar-refractivity contribution in [3.8, 4) is 17.2 Å². The molecule has 1 heterocycles. The molecule has 0 saturated carbocycles. The van der Waals surface area contributed by atoms with Crippen molar-refractivity contribution in [1.82, 2.24) is 4.73 Å². The van der Waals surface area contributed by atoms with Gasteiger partial charge in [-0.3, -0.25) is 4.79 Å². The molecule has 27 heavy (non-hydrogen) atoms. The van der Waals surface area contributed by atoms with Crippen LogP contribution in [0.4, 0.5) is 0 Å². The van der Waals surface area contributed by atoms with Gasteiger partial charge in [0.1, 0.15) is 37.1 Å². The topological polar surface area (TPSA) is 69.9 Å². The van der Waals surface area contributed by atoms with Crippen molar-refractivity contribution in [2.24, 2.45) is 0 Å². The van der Waals surface area contributed by atoms with Crippen LogP contribution in [0.1, 0.15) is 11.3 Å². The van der Waals surface area contributed by atoms with Crippen LogP contribution < -0.4 is 19.8 Å². The highest BCUT2D eigenvalue weighted by atomic mass is 16.5. The van der Waals surface area contributed by atoms with Crippen molar-refractivity contribution in [2.45, 2.75) is 13.5 Å². The molecule has 0 unspecified atom stereocenters. The number of benzene rings is 2. The van der Waals surface area contributed by atoms with E-state index in [-0.39, 0.29) is 6.61 Å². The lowest BCUT2D eigenvalue weighted by Gasteiger charge is -2.11. The fourth-order valence-corrected chi connectivity index (χ4v) is 2.51. The van der Waals surface area contributed by atoms with Crippen molar-refractivity contribution < 1.29 is 19.4 Å². The number of nitrogens with zero attached hydrogens (tertiary/aromatic N) is 1. The number of rotatable bonds is 8. The van der Waals surface area contributed by atoms with E-state index in [1.807, 2.05) is 42.5 Å². The van der Waals surface area contributed by atoms with Crippen LogP contribution in [0, 0.1) is 6.92 Å². The van der Waals surface area contributed by atoms with E-state index in [4.69, 9.17) is 14.2 Å².